The third kappa shape index (κ3) is 4.30. The zero-order valence-corrected chi connectivity index (χ0v) is 12.9. The van der Waals surface area contributed by atoms with Crippen molar-refractivity contribution in [2.75, 3.05) is 20.3 Å². The molecule has 1 aromatic carbocycles. The van der Waals surface area contributed by atoms with Crippen LogP contribution in [0.25, 0.3) is 0 Å². The van der Waals surface area contributed by atoms with Gasteiger partial charge in [-0.05, 0) is 32.9 Å². The summed E-state index contributed by atoms with van der Waals surface area (Å²) < 4.78 is 5.26. The quantitative estimate of drug-likeness (QED) is 0.823. The van der Waals surface area contributed by atoms with Crippen molar-refractivity contribution in [3.05, 3.63) is 35.4 Å². The molecule has 0 heterocycles. The van der Waals surface area contributed by atoms with Crippen LogP contribution in [-0.2, 0) is 4.74 Å². The van der Waals surface area contributed by atoms with Crippen LogP contribution in [0.5, 0.6) is 0 Å². The number of nitrogens with two attached hydrogens (primary N) is 1. The van der Waals surface area contributed by atoms with Crippen molar-refractivity contribution < 1.29 is 4.74 Å². The molecule has 3 atom stereocenters. The third-order valence-electron chi connectivity index (χ3n) is 3.84. The van der Waals surface area contributed by atoms with Gasteiger partial charge in [0.05, 0.1) is 6.61 Å². The molecule has 108 valence electrons. The first-order chi connectivity index (χ1) is 9.01. The highest BCUT2D eigenvalue weighted by Crippen LogP contribution is 2.20. The molecule has 0 aliphatic heterocycles. The summed E-state index contributed by atoms with van der Waals surface area (Å²) in [6.07, 6.45) is 0. The van der Waals surface area contributed by atoms with Gasteiger partial charge in [0.2, 0.25) is 0 Å². The lowest BCUT2D eigenvalue weighted by Crippen LogP contribution is -2.47. The maximum atomic E-state index is 6.42. The standard InChI is InChI=1S/C16H28N2O/c1-6-18(13(3)11-19-5)14(4)16(17)15-9-7-12(2)8-10-15/h7-10,13-14,16H,6,11,17H2,1-5H3. The second-order valence-electron chi connectivity index (χ2n) is 5.31. The van der Waals surface area contributed by atoms with E-state index in [-0.39, 0.29) is 12.1 Å². The smallest absolute Gasteiger partial charge is 0.0615 e. The number of rotatable bonds is 7. The zero-order chi connectivity index (χ0) is 14.4. The largest absolute Gasteiger partial charge is 0.383 e. The van der Waals surface area contributed by atoms with E-state index in [4.69, 9.17) is 10.5 Å². The van der Waals surface area contributed by atoms with Crippen molar-refractivity contribution in [1.82, 2.24) is 4.90 Å². The topological polar surface area (TPSA) is 38.5 Å². The summed E-state index contributed by atoms with van der Waals surface area (Å²) in [4.78, 5) is 2.40. The fourth-order valence-electron chi connectivity index (χ4n) is 2.61. The normalized spacial score (nSPS) is 16.4. The van der Waals surface area contributed by atoms with E-state index in [2.05, 4.69) is 56.9 Å². The van der Waals surface area contributed by atoms with Crippen LogP contribution in [0.1, 0.15) is 37.9 Å². The Hall–Kier alpha value is -0.900. The second kappa shape index (κ2) is 7.63. The summed E-state index contributed by atoms with van der Waals surface area (Å²) in [5.74, 6) is 0. The summed E-state index contributed by atoms with van der Waals surface area (Å²) in [5.41, 5.74) is 8.88. The number of hydrogen-bond donors (Lipinski definition) is 1. The summed E-state index contributed by atoms with van der Waals surface area (Å²) in [6, 6.07) is 9.20. The van der Waals surface area contributed by atoms with Gasteiger partial charge >= 0.3 is 0 Å². The van der Waals surface area contributed by atoms with Crippen LogP contribution < -0.4 is 5.73 Å². The van der Waals surface area contributed by atoms with Gasteiger partial charge in [-0.15, -0.1) is 0 Å². The van der Waals surface area contributed by atoms with Crippen molar-refractivity contribution in [3.8, 4) is 0 Å². The lowest BCUT2D eigenvalue weighted by atomic mass is 9.98. The van der Waals surface area contributed by atoms with E-state index in [1.165, 1.54) is 11.1 Å². The van der Waals surface area contributed by atoms with Gasteiger partial charge in [-0.25, -0.2) is 0 Å². The van der Waals surface area contributed by atoms with Crippen molar-refractivity contribution in [1.29, 1.82) is 0 Å². The van der Waals surface area contributed by atoms with E-state index in [1.54, 1.807) is 7.11 Å². The van der Waals surface area contributed by atoms with Crippen molar-refractivity contribution in [3.63, 3.8) is 0 Å². The summed E-state index contributed by atoms with van der Waals surface area (Å²) in [6.45, 7) is 10.4. The van der Waals surface area contributed by atoms with Gasteiger partial charge in [0.25, 0.3) is 0 Å². The molecule has 0 saturated heterocycles. The van der Waals surface area contributed by atoms with Crippen molar-refractivity contribution in [2.45, 2.75) is 45.8 Å². The molecule has 0 fully saturated rings. The molecule has 3 unspecified atom stereocenters. The van der Waals surface area contributed by atoms with Gasteiger partial charge in [-0.2, -0.15) is 0 Å². The van der Waals surface area contributed by atoms with Crippen molar-refractivity contribution >= 4 is 0 Å². The van der Waals surface area contributed by atoms with Crippen LogP contribution in [0, 0.1) is 6.92 Å². The molecule has 0 radical (unpaired) electrons. The Bertz CT molecular complexity index is 364. The molecule has 0 amide bonds. The number of nitrogens with zero attached hydrogens (tertiary/aromatic N) is 1. The van der Waals surface area contributed by atoms with Crippen LogP contribution in [0.15, 0.2) is 24.3 Å². The number of ether oxygens (including phenoxy) is 1. The molecular weight excluding hydrogens is 236 g/mol. The number of methoxy groups -OCH3 is 1. The molecule has 0 aliphatic carbocycles. The van der Waals surface area contributed by atoms with Gasteiger partial charge in [-0.1, -0.05) is 36.8 Å². The molecule has 19 heavy (non-hydrogen) atoms. The molecule has 1 rings (SSSR count). The summed E-state index contributed by atoms with van der Waals surface area (Å²) in [7, 11) is 1.74. The number of benzene rings is 1. The molecule has 0 spiro atoms. The highest BCUT2D eigenvalue weighted by Gasteiger charge is 2.24. The minimum atomic E-state index is 0.0276. The first-order valence-electron chi connectivity index (χ1n) is 7.08. The van der Waals surface area contributed by atoms with Crippen molar-refractivity contribution in [2.24, 2.45) is 5.73 Å². The Labute approximate surface area is 117 Å². The monoisotopic (exact) mass is 264 g/mol. The number of likely N-dealkylation sites (N-methyl/N-ethyl adjacent to an activating group) is 1. The maximum Gasteiger partial charge on any atom is 0.0615 e. The summed E-state index contributed by atoms with van der Waals surface area (Å²) in [5, 5.41) is 0. The molecule has 0 saturated carbocycles. The second-order valence-corrected chi connectivity index (χ2v) is 5.31. The fourth-order valence-corrected chi connectivity index (χ4v) is 2.61. The van der Waals surface area contributed by atoms with Gasteiger partial charge < -0.3 is 10.5 Å². The number of aryl methyl sites for hydroxylation is 1. The van der Waals surface area contributed by atoms with Gasteiger partial charge in [0.15, 0.2) is 0 Å². The maximum absolute atomic E-state index is 6.42. The molecule has 0 aromatic heterocycles. The van der Waals surface area contributed by atoms with E-state index in [0.29, 0.717) is 6.04 Å². The van der Waals surface area contributed by atoms with Gasteiger partial charge in [0.1, 0.15) is 0 Å². The molecule has 3 nitrogen and oxygen atoms in total. The predicted octanol–water partition coefficient (Wildman–Crippen LogP) is 2.74. The Morgan fingerprint density at radius 2 is 1.79 bits per heavy atom. The average molecular weight is 264 g/mol. The highest BCUT2D eigenvalue weighted by atomic mass is 16.5. The lowest BCUT2D eigenvalue weighted by Gasteiger charge is -2.36. The minimum absolute atomic E-state index is 0.0276. The van der Waals surface area contributed by atoms with Gasteiger partial charge in [0, 0.05) is 25.2 Å². The average Bonchev–Trinajstić information content (AvgIpc) is 2.39. The van der Waals surface area contributed by atoms with E-state index in [0.717, 1.165) is 13.2 Å². The Balaban J connectivity index is 2.78. The molecule has 0 aliphatic rings. The number of hydrogen-bond acceptors (Lipinski definition) is 3. The molecule has 3 heteroatoms. The predicted molar refractivity (Wildman–Crippen MR) is 81.3 cm³/mol. The van der Waals surface area contributed by atoms with Gasteiger partial charge in [-0.3, -0.25) is 4.90 Å². The Kier molecular flexibility index (Phi) is 6.49. The van der Waals surface area contributed by atoms with E-state index in [9.17, 15) is 0 Å². The van der Waals surface area contributed by atoms with Crippen LogP contribution in [-0.4, -0.2) is 37.2 Å². The lowest BCUT2D eigenvalue weighted by molar-refractivity contribution is 0.0699. The van der Waals surface area contributed by atoms with Crippen LogP contribution >= 0.6 is 0 Å². The van der Waals surface area contributed by atoms with Crippen LogP contribution in [0.4, 0.5) is 0 Å². The third-order valence-corrected chi connectivity index (χ3v) is 3.84. The Morgan fingerprint density at radius 1 is 1.21 bits per heavy atom. The molecule has 0 bridgehead atoms. The van der Waals surface area contributed by atoms with E-state index < -0.39 is 0 Å². The molecular formula is C16H28N2O. The Morgan fingerprint density at radius 3 is 2.26 bits per heavy atom. The van der Waals surface area contributed by atoms with Crippen LogP contribution in [0.3, 0.4) is 0 Å². The summed E-state index contributed by atoms with van der Waals surface area (Å²) >= 11 is 0. The van der Waals surface area contributed by atoms with E-state index >= 15 is 0 Å². The van der Waals surface area contributed by atoms with Crippen LogP contribution in [0.2, 0.25) is 0 Å². The first-order valence-corrected chi connectivity index (χ1v) is 7.08. The fraction of sp³-hybridized carbons (Fsp3) is 0.625. The molecule has 2 N–H and O–H groups in total. The SMILES string of the molecule is CCN(C(C)COC)C(C)C(N)c1ccc(C)cc1. The highest BCUT2D eigenvalue weighted by molar-refractivity contribution is 5.24. The first kappa shape index (κ1) is 16.2. The van der Waals surface area contributed by atoms with E-state index in [1.807, 2.05) is 0 Å². The zero-order valence-electron chi connectivity index (χ0n) is 12.9. The molecule has 1 aromatic rings. The minimum Gasteiger partial charge on any atom is -0.383 e.